The molecule has 0 saturated carbocycles. The van der Waals surface area contributed by atoms with Crippen LogP contribution in [0.4, 0.5) is 0 Å². The minimum absolute atomic E-state index is 0.631. The van der Waals surface area contributed by atoms with E-state index in [-0.39, 0.29) is 0 Å². The first-order chi connectivity index (χ1) is 13.0. The molecule has 0 bridgehead atoms. The van der Waals surface area contributed by atoms with Crippen LogP contribution in [0.3, 0.4) is 0 Å². The zero-order valence-electron chi connectivity index (χ0n) is 20.3. The van der Waals surface area contributed by atoms with E-state index in [9.17, 15) is 0 Å². The van der Waals surface area contributed by atoms with Gasteiger partial charge in [0.1, 0.15) is 0 Å². The van der Waals surface area contributed by atoms with Crippen LogP contribution in [0, 0.1) is 0 Å². The van der Waals surface area contributed by atoms with E-state index in [0.717, 1.165) is 52.4 Å². The Labute approximate surface area is 172 Å². The molecule has 0 aromatic carbocycles. The molecule has 0 aliphatic heterocycles. The van der Waals surface area contributed by atoms with Gasteiger partial charge < -0.3 is 9.80 Å². The Kier molecular flexibility index (Phi) is 15.6. The summed E-state index contributed by atoms with van der Waals surface area (Å²) in [6.07, 6.45) is 2.54. The Bertz CT molecular complexity index is 320. The lowest BCUT2D eigenvalue weighted by molar-refractivity contribution is 0.0532. The van der Waals surface area contributed by atoms with Gasteiger partial charge in [-0.3, -0.25) is 9.80 Å². The molecule has 0 rings (SSSR count). The van der Waals surface area contributed by atoms with E-state index in [1.54, 1.807) is 0 Å². The first-order valence-electron chi connectivity index (χ1n) is 11.9. The Morgan fingerprint density at radius 3 is 1.30 bits per heavy atom. The fraction of sp³-hybridized carbons (Fsp3) is 1.00. The second kappa shape index (κ2) is 15.7. The first-order valence-corrected chi connectivity index (χ1v) is 11.9. The third kappa shape index (κ3) is 8.81. The van der Waals surface area contributed by atoms with Crippen molar-refractivity contribution in [1.29, 1.82) is 0 Å². The molecule has 27 heavy (non-hydrogen) atoms. The molecule has 0 N–H and O–H groups in total. The van der Waals surface area contributed by atoms with E-state index in [1.807, 2.05) is 0 Å². The molecule has 0 aromatic rings. The lowest BCUT2D eigenvalue weighted by Crippen LogP contribution is -2.55. The summed E-state index contributed by atoms with van der Waals surface area (Å²) in [4.78, 5) is 10.7. The Morgan fingerprint density at radius 1 is 0.519 bits per heavy atom. The summed E-state index contributed by atoms with van der Waals surface area (Å²) < 4.78 is 0. The van der Waals surface area contributed by atoms with Crippen LogP contribution < -0.4 is 0 Å². The Morgan fingerprint density at radius 2 is 0.926 bits per heavy atom. The molecular weight excluding hydrogens is 332 g/mol. The molecule has 164 valence electrons. The standard InChI is InChI=1S/C23H52N4/c1-10-24(11-2)19-18-22(26(14-5)15-6)23(27(16-7)17-8)20-21(9)25(12-3)13-4/h21-23H,10-20H2,1-9H3. The van der Waals surface area contributed by atoms with Crippen molar-refractivity contribution in [2.75, 3.05) is 58.9 Å². The lowest BCUT2D eigenvalue weighted by atomic mass is 9.93. The normalized spacial score (nSPS) is 15.9. The highest BCUT2D eigenvalue weighted by Crippen LogP contribution is 2.22. The number of likely N-dealkylation sites (N-methyl/N-ethyl adjacent to an activating group) is 2. The monoisotopic (exact) mass is 384 g/mol. The topological polar surface area (TPSA) is 13.0 Å². The number of nitrogens with zero attached hydrogens (tertiary/aromatic N) is 4. The average Bonchev–Trinajstić information content (AvgIpc) is 2.69. The van der Waals surface area contributed by atoms with Gasteiger partial charge >= 0.3 is 0 Å². The summed E-state index contributed by atoms with van der Waals surface area (Å²) in [5, 5.41) is 0. The van der Waals surface area contributed by atoms with Gasteiger partial charge in [0.05, 0.1) is 0 Å². The van der Waals surface area contributed by atoms with Crippen molar-refractivity contribution in [3.63, 3.8) is 0 Å². The van der Waals surface area contributed by atoms with Crippen LogP contribution in [0.25, 0.3) is 0 Å². The predicted molar refractivity (Wildman–Crippen MR) is 123 cm³/mol. The van der Waals surface area contributed by atoms with Crippen molar-refractivity contribution in [2.24, 2.45) is 0 Å². The van der Waals surface area contributed by atoms with Crippen molar-refractivity contribution < 1.29 is 0 Å². The Hall–Kier alpha value is -0.160. The van der Waals surface area contributed by atoms with E-state index in [4.69, 9.17) is 0 Å². The highest BCUT2D eigenvalue weighted by atomic mass is 15.3. The van der Waals surface area contributed by atoms with Gasteiger partial charge in [0.15, 0.2) is 0 Å². The molecular formula is C23H52N4. The number of hydrogen-bond acceptors (Lipinski definition) is 4. The first kappa shape index (κ1) is 26.8. The molecule has 4 nitrogen and oxygen atoms in total. The molecule has 0 spiro atoms. The van der Waals surface area contributed by atoms with Crippen molar-refractivity contribution in [3.8, 4) is 0 Å². The van der Waals surface area contributed by atoms with Crippen LogP contribution in [-0.2, 0) is 0 Å². The third-order valence-corrected chi connectivity index (χ3v) is 6.66. The zero-order chi connectivity index (χ0) is 20.8. The van der Waals surface area contributed by atoms with Crippen LogP contribution in [0.2, 0.25) is 0 Å². The SMILES string of the molecule is CCN(CC)CCC(C(CC(C)N(CC)CC)N(CC)CC)N(CC)CC. The fourth-order valence-corrected chi connectivity index (χ4v) is 4.75. The van der Waals surface area contributed by atoms with Crippen molar-refractivity contribution in [1.82, 2.24) is 19.6 Å². The molecule has 0 amide bonds. The fourth-order valence-electron chi connectivity index (χ4n) is 4.75. The second-order valence-corrected chi connectivity index (χ2v) is 7.70. The molecule has 0 heterocycles. The summed E-state index contributed by atoms with van der Waals surface area (Å²) in [6.45, 7) is 31.4. The molecule has 3 unspecified atom stereocenters. The molecule has 0 aliphatic rings. The van der Waals surface area contributed by atoms with Gasteiger partial charge in [0, 0.05) is 18.1 Å². The highest BCUT2D eigenvalue weighted by molar-refractivity contribution is 4.89. The maximum absolute atomic E-state index is 2.73. The largest absolute Gasteiger partial charge is 0.304 e. The number of hydrogen-bond donors (Lipinski definition) is 0. The summed E-state index contributed by atoms with van der Waals surface area (Å²) in [5.41, 5.74) is 0. The average molecular weight is 385 g/mol. The predicted octanol–water partition coefficient (Wildman–Crippen LogP) is 4.26. The number of rotatable bonds is 17. The van der Waals surface area contributed by atoms with Crippen molar-refractivity contribution in [3.05, 3.63) is 0 Å². The van der Waals surface area contributed by atoms with Crippen LogP contribution >= 0.6 is 0 Å². The van der Waals surface area contributed by atoms with Gasteiger partial charge in [-0.05, 0) is 78.7 Å². The summed E-state index contributed by atoms with van der Waals surface area (Å²) in [7, 11) is 0. The van der Waals surface area contributed by atoms with E-state index < -0.39 is 0 Å². The van der Waals surface area contributed by atoms with Gasteiger partial charge in [-0.15, -0.1) is 0 Å². The highest BCUT2D eigenvalue weighted by Gasteiger charge is 2.32. The van der Waals surface area contributed by atoms with Crippen LogP contribution in [0.5, 0.6) is 0 Å². The maximum Gasteiger partial charge on any atom is 0.0266 e. The van der Waals surface area contributed by atoms with Crippen LogP contribution in [0.1, 0.15) is 75.2 Å². The molecule has 4 heteroatoms. The van der Waals surface area contributed by atoms with Gasteiger partial charge in [-0.2, -0.15) is 0 Å². The summed E-state index contributed by atoms with van der Waals surface area (Å²) in [5.74, 6) is 0. The molecule has 0 aromatic heterocycles. The van der Waals surface area contributed by atoms with Crippen molar-refractivity contribution in [2.45, 2.75) is 93.3 Å². The van der Waals surface area contributed by atoms with Crippen LogP contribution in [-0.4, -0.2) is 96.6 Å². The molecule has 0 fully saturated rings. The van der Waals surface area contributed by atoms with Gasteiger partial charge in [0.25, 0.3) is 0 Å². The quantitative estimate of drug-likeness (QED) is 0.371. The van der Waals surface area contributed by atoms with E-state index in [0.29, 0.717) is 18.1 Å². The maximum atomic E-state index is 2.73. The van der Waals surface area contributed by atoms with Gasteiger partial charge in [0.2, 0.25) is 0 Å². The van der Waals surface area contributed by atoms with Gasteiger partial charge in [-0.25, -0.2) is 0 Å². The summed E-state index contributed by atoms with van der Waals surface area (Å²) in [6, 6.07) is 1.90. The molecule has 0 radical (unpaired) electrons. The summed E-state index contributed by atoms with van der Waals surface area (Å²) >= 11 is 0. The van der Waals surface area contributed by atoms with Gasteiger partial charge in [-0.1, -0.05) is 55.4 Å². The van der Waals surface area contributed by atoms with E-state index in [2.05, 4.69) is 81.9 Å². The molecule has 0 aliphatic carbocycles. The van der Waals surface area contributed by atoms with Crippen LogP contribution in [0.15, 0.2) is 0 Å². The minimum Gasteiger partial charge on any atom is -0.304 e. The molecule has 0 saturated heterocycles. The van der Waals surface area contributed by atoms with E-state index in [1.165, 1.54) is 19.4 Å². The minimum atomic E-state index is 0.631. The lowest BCUT2D eigenvalue weighted by Gasteiger charge is -2.44. The second-order valence-electron chi connectivity index (χ2n) is 7.70. The zero-order valence-corrected chi connectivity index (χ0v) is 20.3. The van der Waals surface area contributed by atoms with E-state index >= 15 is 0 Å². The smallest absolute Gasteiger partial charge is 0.0266 e. The van der Waals surface area contributed by atoms with Crippen molar-refractivity contribution >= 4 is 0 Å². The Balaban J connectivity index is 5.58. The molecule has 3 atom stereocenters. The third-order valence-electron chi connectivity index (χ3n) is 6.66.